The van der Waals surface area contributed by atoms with Gasteiger partial charge in [0.2, 0.25) is 0 Å². The van der Waals surface area contributed by atoms with Crippen molar-refractivity contribution in [3.8, 4) is 11.1 Å². The summed E-state index contributed by atoms with van der Waals surface area (Å²) in [5, 5.41) is 9.13. The molecule has 0 saturated heterocycles. The molecule has 4 aromatic rings. The number of carboxylic acid groups (broad SMARTS) is 1. The lowest BCUT2D eigenvalue weighted by atomic mass is 10.0. The van der Waals surface area contributed by atoms with Crippen molar-refractivity contribution < 1.29 is 9.90 Å². The van der Waals surface area contributed by atoms with Gasteiger partial charge in [-0.2, -0.15) is 0 Å². The summed E-state index contributed by atoms with van der Waals surface area (Å²) >= 11 is 0. The number of anilines is 3. The second-order valence-electron chi connectivity index (χ2n) is 8.46. The molecular weight excluding hydrogens is 394 g/mol. The second-order valence-corrected chi connectivity index (χ2v) is 8.46. The van der Waals surface area contributed by atoms with Crippen molar-refractivity contribution in [3.63, 3.8) is 0 Å². The molecule has 4 rings (SSSR count). The number of hydrogen-bond acceptors (Lipinski definition) is 2. The summed E-state index contributed by atoms with van der Waals surface area (Å²) in [4.78, 5) is 13.4. The average molecular weight is 422 g/mol. The number of carboxylic acids is 1. The Morgan fingerprint density at radius 3 is 1.31 bits per heavy atom. The Balaban J connectivity index is 1.78. The Labute approximate surface area is 189 Å². The maximum absolute atomic E-state index is 11.1. The van der Waals surface area contributed by atoms with E-state index >= 15 is 0 Å². The number of aryl methyl sites for hydroxylation is 4. The van der Waals surface area contributed by atoms with Gasteiger partial charge in [-0.15, -0.1) is 0 Å². The minimum atomic E-state index is -0.913. The molecule has 0 unspecified atom stereocenters. The van der Waals surface area contributed by atoms with Crippen LogP contribution in [0.4, 0.5) is 17.1 Å². The van der Waals surface area contributed by atoms with Gasteiger partial charge >= 0.3 is 5.97 Å². The topological polar surface area (TPSA) is 40.5 Å². The van der Waals surface area contributed by atoms with Gasteiger partial charge in [-0.05, 0) is 110 Å². The lowest BCUT2D eigenvalue weighted by Gasteiger charge is -2.27. The molecule has 0 amide bonds. The highest BCUT2D eigenvalue weighted by Gasteiger charge is 2.14. The summed E-state index contributed by atoms with van der Waals surface area (Å²) in [5.41, 5.74) is 10.6. The molecule has 0 aliphatic heterocycles. The van der Waals surface area contributed by atoms with Crippen molar-refractivity contribution in [2.45, 2.75) is 27.7 Å². The van der Waals surface area contributed by atoms with Crippen molar-refractivity contribution in [2.75, 3.05) is 4.90 Å². The van der Waals surface area contributed by atoms with Gasteiger partial charge in [-0.3, -0.25) is 0 Å². The Kier molecular flexibility index (Phi) is 5.83. The molecular formula is C29H27NO2. The molecule has 0 fully saturated rings. The van der Waals surface area contributed by atoms with Crippen LogP contribution in [0, 0.1) is 27.7 Å². The Hall–Kier alpha value is -3.85. The van der Waals surface area contributed by atoms with Crippen LogP contribution in [0.15, 0.2) is 84.9 Å². The lowest BCUT2D eigenvalue weighted by molar-refractivity contribution is 0.0697. The van der Waals surface area contributed by atoms with Gasteiger partial charge in [0.1, 0.15) is 0 Å². The highest BCUT2D eigenvalue weighted by molar-refractivity contribution is 5.88. The standard InChI is InChI=1S/C29H27NO2/c1-19-13-20(2)16-27(15-19)30(28-17-21(3)14-22(4)18-28)26-11-9-24(10-12-26)23-5-7-25(8-6-23)29(31)32/h5-18H,1-4H3,(H,31,32). The van der Waals surface area contributed by atoms with Crippen molar-refractivity contribution in [3.05, 3.63) is 113 Å². The number of rotatable bonds is 5. The molecule has 0 radical (unpaired) electrons. The van der Waals surface area contributed by atoms with Crippen molar-refractivity contribution in [2.24, 2.45) is 0 Å². The van der Waals surface area contributed by atoms with Gasteiger partial charge in [-0.25, -0.2) is 4.79 Å². The van der Waals surface area contributed by atoms with Crippen LogP contribution in [-0.2, 0) is 0 Å². The summed E-state index contributed by atoms with van der Waals surface area (Å²) in [5.74, 6) is -0.913. The summed E-state index contributed by atoms with van der Waals surface area (Å²) < 4.78 is 0. The van der Waals surface area contributed by atoms with E-state index in [1.165, 1.54) is 22.3 Å². The highest BCUT2D eigenvalue weighted by atomic mass is 16.4. The molecule has 0 atom stereocenters. The fourth-order valence-electron chi connectivity index (χ4n) is 4.21. The molecule has 3 heteroatoms. The summed E-state index contributed by atoms with van der Waals surface area (Å²) in [6.07, 6.45) is 0. The largest absolute Gasteiger partial charge is 0.478 e. The Morgan fingerprint density at radius 1 is 0.562 bits per heavy atom. The molecule has 1 N–H and O–H groups in total. The van der Waals surface area contributed by atoms with Crippen LogP contribution < -0.4 is 4.90 Å². The molecule has 0 saturated carbocycles. The summed E-state index contributed by atoms with van der Waals surface area (Å²) in [7, 11) is 0. The minimum absolute atomic E-state index is 0.293. The van der Waals surface area contributed by atoms with Crippen molar-refractivity contribution in [1.82, 2.24) is 0 Å². The van der Waals surface area contributed by atoms with E-state index in [-0.39, 0.29) is 0 Å². The number of nitrogens with zero attached hydrogens (tertiary/aromatic N) is 1. The van der Waals surface area contributed by atoms with Gasteiger partial charge in [0.15, 0.2) is 0 Å². The SMILES string of the molecule is Cc1cc(C)cc(N(c2ccc(-c3ccc(C(=O)O)cc3)cc2)c2cc(C)cc(C)c2)c1. The van der Waals surface area contributed by atoms with Gasteiger partial charge in [0.25, 0.3) is 0 Å². The molecule has 0 aliphatic rings. The zero-order chi connectivity index (χ0) is 22.8. The Bertz CT molecular complexity index is 1180. The van der Waals surface area contributed by atoms with E-state index in [2.05, 4.69) is 93.3 Å². The Morgan fingerprint density at radius 2 is 0.938 bits per heavy atom. The minimum Gasteiger partial charge on any atom is -0.478 e. The number of benzene rings is 4. The van der Waals surface area contributed by atoms with Gasteiger partial charge in [0.05, 0.1) is 5.56 Å². The van der Waals surface area contributed by atoms with Gasteiger partial charge in [0, 0.05) is 17.1 Å². The van der Waals surface area contributed by atoms with E-state index in [0.717, 1.165) is 28.2 Å². The smallest absolute Gasteiger partial charge is 0.335 e. The van der Waals surface area contributed by atoms with Crippen LogP contribution in [0.2, 0.25) is 0 Å². The molecule has 0 heterocycles. The second kappa shape index (κ2) is 8.72. The average Bonchev–Trinajstić information content (AvgIpc) is 2.73. The molecule has 3 nitrogen and oxygen atoms in total. The van der Waals surface area contributed by atoms with E-state index < -0.39 is 5.97 Å². The van der Waals surface area contributed by atoms with E-state index in [4.69, 9.17) is 5.11 Å². The number of hydrogen-bond donors (Lipinski definition) is 1. The number of carbonyl (C=O) groups is 1. The predicted octanol–water partition coefficient (Wildman–Crippen LogP) is 7.76. The fraction of sp³-hybridized carbons (Fsp3) is 0.138. The van der Waals surface area contributed by atoms with Gasteiger partial charge in [-0.1, -0.05) is 36.4 Å². The van der Waals surface area contributed by atoms with Crippen molar-refractivity contribution >= 4 is 23.0 Å². The van der Waals surface area contributed by atoms with Crippen molar-refractivity contribution in [1.29, 1.82) is 0 Å². The van der Waals surface area contributed by atoms with Crippen LogP contribution in [0.1, 0.15) is 32.6 Å². The molecule has 0 aliphatic carbocycles. The zero-order valence-electron chi connectivity index (χ0n) is 18.9. The van der Waals surface area contributed by atoms with E-state index in [0.29, 0.717) is 5.56 Å². The zero-order valence-corrected chi connectivity index (χ0v) is 18.9. The first-order valence-electron chi connectivity index (χ1n) is 10.7. The summed E-state index contributed by atoms with van der Waals surface area (Å²) in [6, 6.07) is 28.6. The highest BCUT2D eigenvalue weighted by Crippen LogP contribution is 2.37. The first-order valence-corrected chi connectivity index (χ1v) is 10.7. The third kappa shape index (κ3) is 4.57. The monoisotopic (exact) mass is 421 g/mol. The third-order valence-electron chi connectivity index (χ3n) is 5.52. The lowest BCUT2D eigenvalue weighted by Crippen LogP contribution is -2.11. The van der Waals surface area contributed by atoms with Crippen LogP contribution in [0.3, 0.4) is 0 Å². The molecule has 0 bridgehead atoms. The van der Waals surface area contributed by atoms with E-state index in [9.17, 15) is 4.79 Å². The molecule has 160 valence electrons. The third-order valence-corrected chi connectivity index (χ3v) is 5.52. The molecule has 0 spiro atoms. The maximum Gasteiger partial charge on any atom is 0.335 e. The molecule has 4 aromatic carbocycles. The van der Waals surface area contributed by atoms with Gasteiger partial charge < -0.3 is 10.0 Å². The van der Waals surface area contributed by atoms with Crippen LogP contribution in [0.25, 0.3) is 11.1 Å². The first kappa shape index (κ1) is 21.4. The first-order chi connectivity index (χ1) is 15.3. The predicted molar refractivity (Wildman–Crippen MR) is 132 cm³/mol. The summed E-state index contributed by atoms with van der Waals surface area (Å²) in [6.45, 7) is 8.50. The molecule has 0 aromatic heterocycles. The quantitative estimate of drug-likeness (QED) is 0.358. The molecule has 32 heavy (non-hydrogen) atoms. The van der Waals surface area contributed by atoms with E-state index in [1.807, 2.05) is 12.1 Å². The normalized spacial score (nSPS) is 10.8. The number of aromatic carboxylic acids is 1. The van der Waals surface area contributed by atoms with Crippen LogP contribution in [-0.4, -0.2) is 11.1 Å². The maximum atomic E-state index is 11.1. The van der Waals surface area contributed by atoms with E-state index in [1.54, 1.807) is 12.1 Å². The fourth-order valence-corrected chi connectivity index (χ4v) is 4.21. The van der Waals surface area contributed by atoms with Crippen LogP contribution in [0.5, 0.6) is 0 Å². The van der Waals surface area contributed by atoms with Crippen LogP contribution >= 0.6 is 0 Å².